The molecule has 3 heteroatoms. The number of nitrogens with two attached hydrogens (primary N) is 1. The van der Waals surface area contributed by atoms with Crippen LogP contribution in [0.5, 0.6) is 11.5 Å². The van der Waals surface area contributed by atoms with E-state index in [4.69, 9.17) is 15.2 Å². The smallest absolute Gasteiger partial charge is 0.161 e. The molecule has 0 aromatic heterocycles. The lowest BCUT2D eigenvalue weighted by Crippen LogP contribution is -2.05. The highest BCUT2D eigenvalue weighted by Crippen LogP contribution is 2.30. The molecule has 2 N–H and O–H groups in total. The summed E-state index contributed by atoms with van der Waals surface area (Å²) in [5.74, 6) is 1.45. The van der Waals surface area contributed by atoms with Crippen molar-refractivity contribution in [2.45, 2.75) is 33.4 Å². The lowest BCUT2D eigenvalue weighted by Gasteiger charge is -2.14. The molecule has 2 aromatic carbocycles. The molecule has 0 radical (unpaired) electrons. The highest BCUT2D eigenvalue weighted by Gasteiger charge is 2.08. The third kappa shape index (κ3) is 3.76. The summed E-state index contributed by atoms with van der Waals surface area (Å²) < 4.78 is 11.3. The Bertz CT molecular complexity index is 621. The molecular formula is C18H23NO2. The molecule has 0 aliphatic rings. The monoisotopic (exact) mass is 285 g/mol. The average molecular weight is 285 g/mol. The lowest BCUT2D eigenvalue weighted by atomic mass is 10.1. The number of hydrogen-bond donors (Lipinski definition) is 1. The van der Waals surface area contributed by atoms with Crippen molar-refractivity contribution in [3.63, 3.8) is 0 Å². The fourth-order valence-corrected chi connectivity index (χ4v) is 2.14. The minimum absolute atomic E-state index is 0.0206. The molecule has 2 rings (SSSR count). The van der Waals surface area contributed by atoms with Gasteiger partial charge in [-0.3, -0.25) is 0 Å². The predicted molar refractivity (Wildman–Crippen MR) is 85.8 cm³/mol. The largest absolute Gasteiger partial charge is 0.493 e. The molecule has 2 aromatic rings. The van der Waals surface area contributed by atoms with E-state index < -0.39 is 0 Å². The quantitative estimate of drug-likeness (QED) is 0.905. The maximum absolute atomic E-state index is 5.89. The first kappa shape index (κ1) is 15.4. The molecule has 0 heterocycles. The van der Waals surface area contributed by atoms with Gasteiger partial charge >= 0.3 is 0 Å². The SMILES string of the molecule is COc1cc(C(C)N)ccc1OCc1ccc(C)c(C)c1. The van der Waals surface area contributed by atoms with E-state index in [0.29, 0.717) is 12.4 Å². The van der Waals surface area contributed by atoms with Gasteiger partial charge in [-0.15, -0.1) is 0 Å². The van der Waals surface area contributed by atoms with E-state index in [1.165, 1.54) is 11.1 Å². The predicted octanol–water partition coefficient (Wildman–Crippen LogP) is 3.91. The lowest BCUT2D eigenvalue weighted by molar-refractivity contribution is 0.284. The number of hydrogen-bond acceptors (Lipinski definition) is 3. The first-order valence-electron chi connectivity index (χ1n) is 7.13. The number of aryl methyl sites for hydroxylation is 2. The third-order valence-corrected chi connectivity index (χ3v) is 3.68. The van der Waals surface area contributed by atoms with Gasteiger partial charge in [0.25, 0.3) is 0 Å². The van der Waals surface area contributed by atoms with Crippen molar-refractivity contribution >= 4 is 0 Å². The molecule has 0 aliphatic carbocycles. The van der Waals surface area contributed by atoms with Crippen LogP contribution in [0.15, 0.2) is 36.4 Å². The Morgan fingerprint density at radius 2 is 1.76 bits per heavy atom. The fraction of sp³-hybridized carbons (Fsp3) is 0.333. The Morgan fingerprint density at radius 1 is 1.00 bits per heavy atom. The van der Waals surface area contributed by atoms with Crippen LogP contribution >= 0.6 is 0 Å². The summed E-state index contributed by atoms with van der Waals surface area (Å²) in [6.45, 7) is 6.69. The second-order valence-corrected chi connectivity index (χ2v) is 5.41. The first-order chi connectivity index (χ1) is 10.0. The molecule has 0 saturated carbocycles. The first-order valence-corrected chi connectivity index (χ1v) is 7.13. The molecule has 3 nitrogen and oxygen atoms in total. The summed E-state index contributed by atoms with van der Waals surface area (Å²) in [7, 11) is 1.64. The Kier molecular flexibility index (Phi) is 4.86. The van der Waals surface area contributed by atoms with Crippen LogP contribution in [0.3, 0.4) is 0 Å². The van der Waals surface area contributed by atoms with Gasteiger partial charge in [-0.25, -0.2) is 0 Å². The van der Waals surface area contributed by atoms with Gasteiger partial charge in [-0.2, -0.15) is 0 Å². The van der Waals surface area contributed by atoms with Crippen molar-refractivity contribution in [2.75, 3.05) is 7.11 Å². The summed E-state index contributed by atoms with van der Waals surface area (Å²) >= 11 is 0. The molecule has 0 saturated heterocycles. The summed E-state index contributed by atoms with van der Waals surface area (Å²) in [6, 6.07) is 12.2. The summed E-state index contributed by atoms with van der Waals surface area (Å²) in [4.78, 5) is 0. The number of rotatable bonds is 5. The molecule has 0 bridgehead atoms. The molecule has 112 valence electrons. The molecule has 0 aliphatic heterocycles. The van der Waals surface area contributed by atoms with Gasteiger partial charge in [0.1, 0.15) is 6.61 Å². The van der Waals surface area contributed by atoms with E-state index in [0.717, 1.165) is 16.9 Å². The summed E-state index contributed by atoms with van der Waals surface area (Å²) in [5, 5.41) is 0. The number of ether oxygens (including phenoxy) is 2. The van der Waals surface area contributed by atoms with E-state index in [1.54, 1.807) is 7.11 Å². The zero-order valence-electron chi connectivity index (χ0n) is 13.1. The summed E-state index contributed by atoms with van der Waals surface area (Å²) in [5.41, 5.74) is 10.6. The fourth-order valence-electron chi connectivity index (χ4n) is 2.14. The van der Waals surface area contributed by atoms with Crippen LogP contribution in [0.4, 0.5) is 0 Å². The Labute approximate surface area is 126 Å². The molecule has 21 heavy (non-hydrogen) atoms. The van der Waals surface area contributed by atoms with Gasteiger partial charge < -0.3 is 15.2 Å². The van der Waals surface area contributed by atoms with E-state index in [1.807, 2.05) is 25.1 Å². The zero-order valence-corrected chi connectivity index (χ0v) is 13.1. The molecule has 1 atom stereocenters. The molecule has 0 fully saturated rings. The minimum Gasteiger partial charge on any atom is -0.493 e. The highest BCUT2D eigenvalue weighted by molar-refractivity contribution is 5.44. The van der Waals surface area contributed by atoms with Crippen LogP contribution in [0, 0.1) is 13.8 Å². The van der Waals surface area contributed by atoms with Crippen molar-refractivity contribution in [3.8, 4) is 11.5 Å². The van der Waals surface area contributed by atoms with Gasteiger partial charge in [0.15, 0.2) is 11.5 Å². The van der Waals surface area contributed by atoms with Crippen molar-refractivity contribution in [1.29, 1.82) is 0 Å². The second kappa shape index (κ2) is 6.64. The van der Waals surface area contributed by atoms with Gasteiger partial charge in [0.2, 0.25) is 0 Å². The Morgan fingerprint density at radius 3 is 2.38 bits per heavy atom. The van der Waals surface area contributed by atoms with Gasteiger partial charge in [0.05, 0.1) is 7.11 Å². The van der Waals surface area contributed by atoms with Gasteiger partial charge in [-0.1, -0.05) is 24.3 Å². The number of benzene rings is 2. The molecule has 1 unspecified atom stereocenters. The van der Waals surface area contributed by atoms with Gasteiger partial charge in [0, 0.05) is 6.04 Å². The topological polar surface area (TPSA) is 44.5 Å². The highest BCUT2D eigenvalue weighted by atomic mass is 16.5. The molecule has 0 amide bonds. The average Bonchev–Trinajstić information content (AvgIpc) is 2.48. The van der Waals surface area contributed by atoms with E-state index >= 15 is 0 Å². The second-order valence-electron chi connectivity index (χ2n) is 5.41. The normalized spacial score (nSPS) is 12.0. The molecule has 0 spiro atoms. The van der Waals surface area contributed by atoms with Crippen LogP contribution < -0.4 is 15.2 Å². The van der Waals surface area contributed by atoms with Crippen LogP contribution in [-0.2, 0) is 6.61 Å². The maximum atomic E-state index is 5.89. The van der Waals surface area contributed by atoms with Crippen molar-refractivity contribution in [1.82, 2.24) is 0 Å². The van der Waals surface area contributed by atoms with Crippen molar-refractivity contribution in [2.24, 2.45) is 5.73 Å². The van der Waals surface area contributed by atoms with E-state index in [2.05, 4.69) is 32.0 Å². The standard InChI is InChI=1S/C18H23NO2/c1-12-5-6-15(9-13(12)2)11-21-17-8-7-16(14(3)19)10-18(17)20-4/h5-10,14H,11,19H2,1-4H3. The summed E-state index contributed by atoms with van der Waals surface area (Å²) in [6.07, 6.45) is 0. The van der Waals surface area contributed by atoms with E-state index in [9.17, 15) is 0 Å². The van der Waals surface area contributed by atoms with Crippen LogP contribution in [0.25, 0.3) is 0 Å². The van der Waals surface area contributed by atoms with Crippen LogP contribution in [0.2, 0.25) is 0 Å². The molecular weight excluding hydrogens is 262 g/mol. The third-order valence-electron chi connectivity index (χ3n) is 3.68. The van der Waals surface area contributed by atoms with Crippen molar-refractivity contribution < 1.29 is 9.47 Å². The maximum Gasteiger partial charge on any atom is 0.161 e. The van der Waals surface area contributed by atoms with Gasteiger partial charge in [-0.05, 0) is 55.2 Å². The van der Waals surface area contributed by atoms with E-state index in [-0.39, 0.29) is 6.04 Å². The van der Waals surface area contributed by atoms with Crippen LogP contribution in [-0.4, -0.2) is 7.11 Å². The minimum atomic E-state index is -0.0206. The Balaban J connectivity index is 2.13. The Hall–Kier alpha value is -2.00. The van der Waals surface area contributed by atoms with Crippen LogP contribution in [0.1, 0.15) is 35.2 Å². The van der Waals surface area contributed by atoms with Crippen molar-refractivity contribution in [3.05, 3.63) is 58.7 Å². The zero-order chi connectivity index (χ0) is 15.4. The number of methoxy groups -OCH3 is 1.